The molecule has 0 radical (unpaired) electrons. The molecular weight excluding hydrogens is 527 g/mol. The highest BCUT2D eigenvalue weighted by Gasteiger charge is 2.37. The van der Waals surface area contributed by atoms with Crippen molar-refractivity contribution in [3.05, 3.63) is 57.7 Å². The van der Waals surface area contributed by atoms with Gasteiger partial charge in [-0.1, -0.05) is 0 Å². The number of fused-ring (bicyclic) bond motifs is 1. The minimum absolute atomic E-state index is 0.0180. The molecule has 39 heavy (non-hydrogen) atoms. The quantitative estimate of drug-likeness (QED) is 0.376. The van der Waals surface area contributed by atoms with Gasteiger partial charge in [0.25, 0.3) is 5.91 Å². The number of carbonyl (C=O) groups excluding carboxylic acids is 1. The third kappa shape index (κ3) is 5.34. The van der Waals surface area contributed by atoms with Gasteiger partial charge >= 0.3 is 6.09 Å². The lowest BCUT2D eigenvalue weighted by atomic mass is 10.0. The second-order valence-electron chi connectivity index (χ2n) is 9.40. The van der Waals surface area contributed by atoms with Gasteiger partial charge in [-0.25, -0.2) is 14.2 Å². The first-order chi connectivity index (χ1) is 18.8. The maximum atomic E-state index is 16.0. The summed E-state index contributed by atoms with van der Waals surface area (Å²) in [6.45, 7) is 2.76. The van der Waals surface area contributed by atoms with E-state index in [4.69, 9.17) is 14.2 Å². The van der Waals surface area contributed by atoms with Crippen LogP contribution in [-0.4, -0.2) is 66.5 Å². The molecule has 2 aromatic heterocycles. The number of amides is 2. The van der Waals surface area contributed by atoms with Crippen molar-refractivity contribution in [1.82, 2.24) is 15.2 Å². The molecule has 1 fully saturated rings. The number of anilines is 1. The number of benzene rings is 1. The second-order valence-corrected chi connectivity index (χ2v) is 10.7. The average molecular weight is 557 g/mol. The van der Waals surface area contributed by atoms with E-state index in [1.807, 2.05) is 25.1 Å². The lowest BCUT2D eigenvalue weighted by Crippen LogP contribution is -2.52. The van der Waals surface area contributed by atoms with Crippen molar-refractivity contribution in [2.75, 3.05) is 32.8 Å². The van der Waals surface area contributed by atoms with Crippen LogP contribution in [0.3, 0.4) is 0 Å². The molecule has 206 valence electrons. The third-order valence-electron chi connectivity index (χ3n) is 6.90. The second kappa shape index (κ2) is 11.1. The molecule has 2 atom stereocenters. The maximum absolute atomic E-state index is 16.0. The first-order valence-corrected chi connectivity index (χ1v) is 13.2. The van der Waals surface area contributed by atoms with Crippen LogP contribution < -0.4 is 20.1 Å². The average Bonchev–Trinajstić information content (AvgIpc) is 3.50. The van der Waals surface area contributed by atoms with E-state index in [-0.39, 0.29) is 42.5 Å². The van der Waals surface area contributed by atoms with Crippen molar-refractivity contribution in [2.45, 2.75) is 38.5 Å². The monoisotopic (exact) mass is 556 g/mol. The van der Waals surface area contributed by atoms with Crippen molar-refractivity contribution in [1.29, 1.82) is 0 Å². The summed E-state index contributed by atoms with van der Waals surface area (Å²) in [6, 6.07) is 8.11. The van der Waals surface area contributed by atoms with Gasteiger partial charge in [0, 0.05) is 35.2 Å². The van der Waals surface area contributed by atoms with Gasteiger partial charge in [-0.2, -0.15) is 0 Å². The number of nitrogens with zero attached hydrogens (tertiary/aromatic N) is 2. The predicted octanol–water partition coefficient (Wildman–Crippen LogP) is 4.27. The number of halogens is 1. The van der Waals surface area contributed by atoms with Gasteiger partial charge in [0.15, 0.2) is 11.6 Å². The summed E-state index contributed by atoms with van der Waals surface area (Å²) in [6.07, 6.45) is -0.733. The van der Waals surface area contributed by atoms with E-state index in [2.05, 4.69) is 15.6 Å². The number of ether oxygens (including phenoxy) is 3. The molecular formula is C27H29FN4O6S. The maximum Gasteiger partial charge on any atom is 0.405 e. The lowest BCUT2D eigenvalue weighted by Gasteiger charge is -2.32. The molecule has 12 heteroatoms. The number of hydrogen-bond acceptors (Lipinski definition) is 8. The summed E-state index contributed by atoms with van der Waals surface area (Å²) in [4.78, 5) is 32.9. The van der Waals surface area contributed by atoms with E-state index in [9.17, 15) is 14.7 Å². The molecule has 1 aromatic carbocycles. The molecule has 2 aliphatic rings. The molecule has 3 N–H and O–H groups in total. The topological polar surface area (TPSA) is 122 Å². The van der Waals surface area contributed by atoms with E-state index < -0.39 is 24.0 Å². The fraction of sp³-hybridized carbons (Fsp3) is 0.370. The molecule has 0 unspecified atom stereocenters. The Balaban J connectivity index is 1.52. The van der Waals surface area contributed by atoms with Crippen LogP contribution in [0.4, 0.5) is 15.0 Å². The van der Waals surface area contributed by atoms with Gasteiger partial charge < -0.3 is 34.9 Å². The minimum atomic E-state index is -1.19. The van der Waals surface area contributed by atoms with Crippen LogP contribution in [0.2, 0.25) is 0 Å². The fourth-order valence-corrected chi connectivity index (χ4v) is 5.81. The third-order valence-corrected chi connectivity index (χ3v) is 7.91. The molecule has 2 aliphatic heterocycles. The van der Waals surface area contributed by atoms with Crippen LogP contribution >= 0.6 is 11.3 Å². The highest BCUT2D eigenvalue weighted by molar-refractivity contribution is 7.15. The number of carbonyl (C=O) groups is 2. The van der Waals surface area contributed by atoms with Crippen LogP contribution in [0.25, 0.3) is 10.6 Å². The summed E-state index contributed by atoms with van der Waals surface area (Å²) >= 11 is 1.47. The Hall–Kier alpha value is -3.90. The Morgan fingerprint density at radius 1 is 1.26 bits per heavy atom. The first kappa shape index (κ1) is 26.7. The largest absolute Gasteiger partial charge is 0.497 e. The summed E-state index contributed by atoms with van der Waals surface area (Å²) in [5, 5.41) is 14.8. The van der Waals surface area contributed by atoms with Gasteiger partial charge in [-0.05, 0) is 37.6 Å². The molecule has 0 bridgehead atoms. The number of thiophene rings is 1. The number of aromatic nitrogens is 1. The zero-order chi connectivity index (χ0) is 27.7. The number of rotatable bonds is 8. The van der Waals surface area contributed by atoms with E-state index in [0.717, 1.165) is 15.3 Å². The summed E-state index contributed by atoms with van der Waals surface area (Å²) in [7, 11) is 3.10. The minimum Gasteiger partial charge on any atom is -0.497 e. The first-order valence-electron chi connectivity index (χ1n) is 12.4. The molecule has 0 saturated carbocycles. The van der Waals surface area contributed by atoms with Gasteiger partial charge in [-0.15, -0.1) is 11.3 Å². The number of carboxylic acid groups (broad SMARTS) is 1. The van der Waals surface area contributed by atoms with Crippen molar-refractivity contribution < 1.29 is 33.3 Å². The highest BCUT2D eigenvalue weighted by Crippen LogP contribution is 2.39. The molecule has 4 heterocycles. The Morgan fingerprint density at radius 3 is 2.77 bits per heavy atom. The SMILES string of the molecule is COc1ccc(CN2Cc3c(F)c(N[C@@H]4CCOC[C@@H]4NC(=O)O)nc(-c4ccc(C)s4)c3C2=O)c(OC)c1. The summed E-state index contributed by atoms with van der Waals surface area (Å²) < 4.78 is 32.2. The van der Waals surface area contributed by atoms with E-state index in [0.29, 0.717) is 30.2 Å². The molecule has 0 spiro atoms. The van der Waals surface area contributed by atoms with Crippen molar-refractivity contribution in [2.24, 2.45) is 0 Å². The smallest absolute Gasteiger partial charge is 0.405 e. The summed E-state index contributed by atoms with van der Waals surface area (Å²) in [5.41, 5.74) is 1.64. The van der Waals surface area contributed by atoms with Crippen LogP contribution in [0.5, 0.6) is 11.5 Å². The van der Waals surface area contributed by atoms with E-state index >= 15 is 4.39 Å². The fourth-order valence-electron chi connectivity index (χ4n) is 4.95. The molecule has 2 amide bonds. The van der Waals surface area contributed by atoms with E-state index in [1.165, 1.54) is 11.3 Å². The number of methoxy groups -OCH3 is 2. The number of pyridine rings is 1. The van der Waals surface area contributed by atoms with Crippen molar-refractivity contribution in [3.8, 4) is 22.1 Å². The molecule has 5 rings (SSSR count). The Morgan fingerprint density at radius 2 is 2.08 bits per heavy atom. The number of hydrogen-bond donors (Lipinski definition) is 3. The standard InChI is InChI=1S/C27H29FN4O6S/c1-14-4-7-21(39-14)24-22-17(12-32(26(22)33)11-15-5-6-16(36-2)10-20(15)37-3)23(28)25(31-24)29-18-8-9-38-13-19(18)30-27(34)35/h4-7,10,18-19,30H,8-9,11-13H2,1-3H3,(H,29,31)(H,34,35)/t18-,19+/m1/s1. The van der Waals surface area contributed by atoms with Crippen LogP contribution in [0.1, 0.15) is 32.8 Å². The zero-order valence-electron chi connectivity index (χ0n) is 21.7. The molecule has 3 aromatic rings. The van der Waals surface area contributed by atoms with Crippen LogP contribution in [0.15, 0.2) is 30.3 Å². The number of nitrogens with one attached hydrogen (secondary N) is 2. The Labute approximate surface area is 228 Å². The van der Waals surface area contributed by atoms with Gasteiger partial charge in [0.05, 0.1) is 55.6 Å². The number of aryl methyl sites for hydroxylation is 1. The predicted molar refractivity (Wildman–Crippen MR) is 143 cm³/mol. The van der Waals surface area contributed by atoms with Crippen LogP contribution in [0, 0.1) is 12.7 Å². The molecule has 10 nitrogen and oxygen atoms in total. The van der Waals surface area contributed by atoms with Gasteiger partial charge in [0.1, 0.15) is 11.5 Å². The zero-order valence-corrected chi connectivity index (χ0v) is 22.6. The molecule has 1 saturated heterocycles. The van der Waals surface area contributed by atoms with Crippen molar-refractivity contribution >= 4 is 29.2 Å². The van der Waals surface area contributed by atoms with Crippen LogP contribution in [-0.2, 0) is 17.8 Å². The summed E-state index contributed by atoms with van der Waals surface area (Å²) in [5.74, 6) is 0.218. The van der Waals surface area contributed by atoms with Crippen molar-refractivity contribution in [3.63, 3.8) is 0 Å². The molecule has 0 aliphatic carbocycles. The lowest BCUT2D eigenvalue weighted by molar-refractivity contribution is 0.0625. The Kier molecular flexibility index (Phi) is 7.58. The van der Waals surface area contributed by atoms with Gasteiger partial charge in [-0.3, -0.25) is 4.79 Å². The van der Waals surface area contributed by atoms with Gasteiger partial charge in [0.2, 0.25) is 0 Å². The van der Waals surface area contributed by atoms with E-state index in [1.54, 1.807) is 31.3 Å². The normalized spacial score (nSPS) is 18.6. The highest BCUT2D eigenvalue weighted by atomic mass is 32.1. The Bertz CT molecular complexity index is 1410.